The predicted molar refractivity (Wildman–Crippen MR) is 92.8 cm³/mol. The van der Waals surface area contributed by atoms with E-state index in [4.69, 9.17) is 16.1 Å². The molecule has 0 fully saturated rings. The lowest BCUT2D eigenvalue weighted by molar-refractivity contribution is 0.369. The number of hydrogen-bond acceptors (Lipinski definition) is 2. The van der Waals surface area contributed by atoms with Crippen molar-refractivity contribution in [2.24, 2.45) is 0 Å². The Kier molecular flexibility index (Phi) is 6.07. The zero-order chi connectivity index (χ0) is 16.0. The van der Waals surface area contributed by atoms with Crippen LogP contribution in [0, 0.1) is 0 Å². The second-order valence-electron chi connectivity index (χ2n) is 4.97. The van der Waals surface area contributed by atoms with Crippen molar-refractivity contribution >= 4 is 19.1 Å². The molecule has 0 spiro atoms. The van der Waals surface area contributed by atoms with Gasteiger partial charge in [-0.15, -0.1) is 0 Å². The molecule has 0 aliphatic heterocycles. The topological polar surface area (TPSA) is 29.5 Å². The lowest BCUT2D eigenvalue weighted by atomic mass is 10.2. The molecule has 118 valence electrons. The summed E-state index contributed by atoms with van der Waals surface area (Å²) in [6.45, 7) is 5.33. The number of rotatable bonds is 7. The van der Waals surface area contributed by atoms with Crippen LogP contribution in [0.2, 0.25) is 5.02 Å². The summed E-state index contributed by atoms with van der Waals surface area (Å²) in [7, 11) is -3.00. The minimum absolute atomic E-state index is 0.387. The van der Waals surface area contributed by atoms with Gasteiger partial charge in [-0.2, -0.15) is 0 Å². The first-order valence-electron chi connectivity index (χ1n) is 7.41. The summed E-state index contributed by atoms with van der Waals surface area (Å²) >= 11 is 5.89. The van der Waals surface area contributed by atoms with Crippen molar-refractivity contribution in [3.63, 3.8) is 0 Å². The summed E-state index contributed by atoms with van der Waals surface area (Å²) in [4.78, 5) is 0. The Hall–Kier alpha value is -1.28. The third-order valence-electron chi connectivity index (χ3n) is 3.45. The molecule has 2 aromatic carbocycles. The van der Waals surface area contributed by atoms with Gasteiger partial charge in [0.2, 0.25) is 0 Å². The summed E-state index contributed by atoms with van der Waals surface area (Å²) in [5, 5.41) is 0.632. The Morgan fingerprint density at radius 3 is 2.14 bits per heavy atom. The largest absolute Gasteiger partial charge is 0.432 e. The molecular weight excluding hydrogens is 317 g/mol. The van der Waals surface area contributed by atoms with Crippen LogP contribution in [0.3, 0.4) is 0 Å². The van der Waals surface area contributed by atoms with E-state index in [2.05, 4.69) is 0 Å². The standard InChI is InChI=1S/C17H21ClNO2P/c1-3-19(4-2)22(20,14-15-8-6-5-7-9-15)21-17-12-10-16(18)11-13-17/h5-13H,3-4,14H2,1-2H3. The van der Waals surface area contributed by atoms with Crippen molar-refractivity contribution in [2.45, 2.75) is 20.0 Å². The molecule has 1 atom stereocenters. The maximum Gasteiger partial charge on any atom is 0.323 e. The Bertz CT molecular complexity index is 627. The average molecular weight is 338 g/mol. The van der Waals surface area contributed by atoms with E-state index in [0.717, 1.165) is 5.56 Å². The molecule has 1 unspecified atom stereocenters. The SMILES string of the molecule is CCN(CC)P(=O)(Cc1ccccc1)Oc1ccc(Cl)cc1. The highest BCUT2D eigenvalue weighted by molar-refractivity contribution is 7.56. The number of hydrogen-bond donors (Lipinski definition) is 0. The van der Waals surface area contributed by atoms with Crippen molar-refractivity contribution in [1.82, 2.24) is 4.67 Å². The quantitative estimate of drug-likeness (QED) is 0.629. The normalized spacial score (nSPS) is 13.8. The molecule has 5 heteroatoms. The van der Waals surface area contributed by atoms with Crippen LogP contribution in [0.15, 0.2) is 54.6 Å². The first kappa shape index (κ1) is 17.1. The second kappa shape index (κ2) is 7.82. The monoisotopic (exact) mass is 337 g/mol. The zero-order valence-electron chi connectivity index (χ0n) is 12.9. The Balaban J connectivity index is 2.28. The minimum Gasteiger partial charge on any atom is -0.432 e. The van der Waals surface area contributed by atoms with Gasteiger partial charge in [-0.25, -0.2) is 4.67 Å². The predicted octanol–water partition coefficient (Wildman–Crippen LogP) is 5.45. The van der Waals surface area contributed by atoms with Gasteiger partial charge < -0.3 is 4.52 Å². The van der Waals surface area contributed by atoms with E-state index in [0.29, 0.717) is 30.0 Å². The van der Waals surface area contributed by atoms with Crippen LogP contribution in [-0.2, 0) is 10.7 Å². The first-order chi connectivity index (χ1) is 10.6. The fourth-order valence-corrected chi connectivity index (χ4v) is 4.81. The van der Waals surface area contributed by atoms with Gasteiger partial charge in [0.25, 0.3) is 0 Å². The number of benzene rings is 2. The third-order valence-corrected chi connectivity index (χ3v) is 6.39. The van der Waals surface area contributed by atoms with E-state index >= 15 is 0 Å². The molecule has 2 rings (SSSR count). The van der Waals surface area contributed by atoms with E-state index in [-0.39, 0.29) is 0 Å². The molecule has 0 aliphatic carbocycles. The molecule has 0 amide bonds. The highest BCUT2D eigenvalue weighted by Gasteiger charge is 2.31. The summed E-state index contributed by atoms with van der Waals surface area (Å²) in [5.74, 6) is 0.579. The fraction of sp³-hybridized carbons (Fsp3) is 0.294. The zero-order valence-corrected chi connectivity index (χ0v) is 14.6. The van der Waals surface area contributed by atoms with Crippen LogP contribution in [0.1, 0.15) is 19.4 Å². The van der Waals surface area contributed by atoms with Gasteiger partial charge in [0, 0.05) is 18.1 Å². The van der Waals surface area contributed by atoms with Crippen molar-refractivity contribution in [3.8, 4) is 5.75 Å². The lowest BCUT2D eigenvalue weighted by Crippen LogP contribution is -2.23. The van der Waals surface area contributed by atoms with Crippen molar-refractivity contribution < 1.29 is 9.09 Å². The number of halogens is 1. The van der Waals surface area contributed by atoms with Crippen LogP contribution in [-0.4, -0.2) is 17.8 Å². The molecule has 2 aromatic rings. The summed E-state index contributed by atoms with van der Waals surface area (Å²) in [5.41, 5.74) is 1.01. The lowest BCUT2D eigenvalue weighted by Gasteiger charge is -2.29. The van der Waals surface area contributed by atoms with Gasteiger partial charge >= 0.3 is 7.52 Å². The highest BCUT2D eigenvalue weighted by Crippen LogP contribution is 2.53. The molecule has 3 nitrogen and oxygen atoms in total. The molecule has 0 aromatic heterocycles. The molecule has 0 saturated carbocycles. The van der Waals surface area contributed by atoms with E-state index in [1.165, 1.54) is 0 Å². The maximum absolute atomic E-state index is 13.5. The van der Waals surface area contributed by atoms with Gasteiger partial charge in [-0.05, 0) is 29.8 Å². The first-order valence-corrected chi connectivity index (χ1v) is 9.55. The molecule has 0 bridgehead atoms. The van der Waals surface area contributed by atoms with Crippen LogP contribution >= 0.6 is 19.1 Å². The van der Waals surface area contributed by atoms with Gasteiger partial charge in [-0.1, -0.05) is 55.8 Å². The molecule has 0 radical (unpaired) electrons. The van der Waals surface area contributed by atoms with E-state index < -0.39 is 7.52 Å². The van der Waals surface area contributed by atoms with Crippen molar-refractivity contribution in [2.75, 3.05) is 13.1 Å². The minimum atomic E-state index is -3.00. The second-order valence-corrected chi connectivity index (χ2v) is 7.74. The Morgan fingerprint density at radius 1 is 1.00 bits per heavy atom. The smallest absolute Gasteiger partial charge is 0.323 e. The van der Waals surface area contributed by atoms with Crippen molar-refractivity contribution in [3.05, 3.63) is 65.2 Å². The summed E-state index contributed by atoms with van der Waals surface area (Å²) in [6.07, 6.45) is 0.387. The van der Waals surface area contributed by atoms with Crippen LogP contribution in [0.4, 0.5) is 0 Å². The molecule has 0 N–H and O–H groups in total. The average Bonchev–Trinajstić information content (AvgIpc) is 2.51. The van der Waals surface area contributed by atoms with Gasteiger partial charge in [-0.3, -0.25) is 4.57 Å². The number of nitrogens with zero attached hydrogens (tertiary/aromatic N) is 1. The highest BCUT2D eigenvalue weighted by atomic mass is 35.5. The molecule has 0 aliphatic rings. The van der Waals surface area contributed by atoms with Crippen molar-refractivity contribution in [1.29, 1.82) is 0 Å². The van der Waals surface area contributed by atoms with Crippen LogP contribution in [0.25, 0.3) is 0 Å². The van der Waals surface area contributed by atoms with Gasteiger partial charge in [0.1, 0.15) is 5.75 Å². The molecular formula is C17H21ClNO2P. The Labute approximate surface area is 137 Å². The summed E-state index contributed by atoms with van der Waals surface area (Å²) < 4.78 is 21.3. The Morgan fingerprint density at radius 2 is 1.59 bits per heavy atom. The third kappa shape index (κ3) is 4.36. The summed E-state index contributed by atoms with van der Waals surface area (Å²) in [6, 6.07) is 16.8. The fourth-order valence-electron chi connectivity index (χ4n) is 2.32. The molecule has 22 heavy (non-hydrogen) atoms. The molecule has 0 heterocycles. The van der Waals surface area contributed by atoms with Gasteiger partial charge in [0.15, 0.2) is 0 Å². The van der Waals surface area contributed by atoms with E-state index in [1.54, 1.807) is 24.3 Å². The van der Waals surface area contributed by atoms with Crippen LogP contribution in [0.5, 0.6) is 5.75 Å². The maximum atomic E-state index is 13.5. The van der Waals surface area contributed by atoms with Gasteiger partial charge in [0.05, 0.1) is 6.16 Å². The van der Waals surface area contributed by atoms with E-state index in [1.807, 2.05) is 48.8 Å². The van der Waals surface area contributed by atoms with E-state index in [9.17, 15) is 4.57 Å². The van der Waals surface area contributed by atoms with Crippen LogP contribution < -0.4 is 4.52 Å². The molecule has 0 saturated heterocycles.